The molecule has 2 aromatic rings. The number of hydrogen-bond donors (Lipinski definition) is 1. The van der Waals surface area contributed by atoms with Gasteiger partial charge in [-0.2, -0.15) is 4.98 Å². The van der Waals surface area contributed by atoms with Gasteiger partial charge in [-0.1, -0.05) is 0 Å². The molecular weight excluding hydrogens is 318 g/mol. The van der Waals surface area contributed by atoms with Gasteiger partial charge in [0.2, 0.25) is 5.95 Å². The van der Waals surface area contributed by atoms with Gasteiger partial charge in [-0.3, -0.25) is 4.98 Å². The molecule has 0 radical (unpaired) electrons. The van der Waals surface area contributed by atoms with Gasteiger partial charge in [-0.05, 0) is 26.3 Å². The fourth-order valence-corrected chi connectivity index (χ4v) is 3.17. The van der Waals surface area contributed by atoms with Gasteiger partial charge in [0.25, 0.3) is 0 Å². The van der Waals surface area contributed by atoms with Gasteiger partial charge in [-0.25, -0.2) is 4.98 Å². The van der Waals surface area contributed by atoms with Crippen LogP contribution in [0.3, 0.4) is 0 Å². The van der Waals surface area contributed by atoms with E-state index in [0.29, 0.717) is 19.0 Å². The van der Waals surface area contributed by atoms with Crippen LogP contribution in [0.4, 0.5) is 11.8 Å². The lowest BCUT2D eigenvalue weighted by atomic mass is 10.1. The Morgan fingerprint density at radius 2 is 2.16 bits per heavy atom. The number of aryl methyl sites for hydroxylation is 1. The lowest BCUT2D eigenvalue weighted by Gasteiger charge is -2.22. The molecule has 134 valence electrons. The largest absolute Gasteiger partial charge is 0.496 e. The highest BCUT2D eigenvalue weighted by Crippen LogP contribution is 2.25. The third kappa shape index (κ3) is 3.66. The van der Waals surface area contributed by atoms with Crippen molar-refractivity contribution < 1.29 is 9.84 Å². The Hall–Kier alpha value is -2.41. The molecule has 0 aliphatic carbocycles. The van der Waals surface area contributed by atoms with E-state index in [0.717, 1.165) is 41.4 Å². The molecule has 3 rings (SSSR count). The van der Waals surface area contributed by atoms with Crippen LogP contribution in [0, 0.1) is 13.8 Å². The Kier molecular flexibility index (Phi) is 5.03. The molecule has 1 unspecified atom stereocenters. The van der Waals surface area contributed by atoms with Crippen LogP contribution >= 0.6 is 0 Å². The van der Waals surface area contributed by atoms with Crippen LogP contribution in [0.2, 0.25) is 0 Å². The maximum absolute atomic E-state index is 9.72. The van der Waals surface area contributed by atoms with Crippen molar-refractivity contribution in [2.45, 2.75) is 32.9 Å². The summed E-state index contributed by atoms with van der Waals surface area (Å²) in [5.74, 6) is 2.36. The van der Waals surface area contributed by atoms with Crippen LogP contribution in [0.1, 0.15) is 23.2 Å². The first kappa shape index (κ1) is 17.4. The zero-order valence-electron chi connectivity index (χ0n) is 15.2. The Morgan fingerprint density at radius 1 is 1.36 bits per heavy atom. The predicted octanol–water partition coefficient (Wildman–Crippen LogP) is 1.70. The van der Waals surface area contributed by atoms with Crippen LogP contribution in [0.15, 0.2) is 18.5 Å². The maximum Gasteiger partial charge on any atom is 0.227 e. The number of nitrogens with zero attached hydrogens (tertiary/aromatic N) is 5. The van der Waals surface area contributed by atoms with Gasteiger partial charge >= 0.3 is 0 Å². The second-order valence-electron chi connectivity index (χ2n) is 6.51. The number of ether oxygens (including phenoxy) is 1. The molecule has 7 nitrogen and oxygen atoms in total. The number of aliphatic hydroxyl groups is 1. The molecule has 0 amide bonds. The molecule has 2 aromatic heterocycles. The monoisotopic (exact) mass is 343 g/mol. The van der Waals surface area contributed by atoms with Crippen molar-refractivity contribution in [2.24, 2.45) is 0 Å². The van der Waals surface area contributed by atoms with Crippen molar-refractivity contribution in [1.29, 1.82) is 0 Å². The Balaban J connectivity index is 1.79. The van der Waals surface area contributed by atoms with Crippen LogP contribution in [-0.2, 0) is 6.54 Å². The fourth-order valence-electron chi connectivity index (χ4n) is 3.17. The molecule has 0 aromatic carbocycles. The summed E-state index contributed by atoms with van der Waals surface area (Å²) in [5.41, 5.74) is 3.00. The summed E-state index contributed by atoms with van der Waals surface area (Å²) in [6.07, 6.45) is 4.09. The third-order valence-electron chi connectivity index (χ3n) is 4.59. The zero-order chi connectivity index (χ0) is 18.0. The van der Waals surface area contributed by atoms with Gasteiger partial charge in [0, 0.05) is 43.7 Å². The number of pyridine rings is 1. The minimum absolute atomic E-state index is 0.275. The SMILES string of the molecule is COc1c(C)cnc(CN(C)c2nccc(N3CCC(O)C3)n2)c1C. The quantitative estimate of drug-likeness (QED) is 0.886. The van der Waals surface area contributed by atoms with Crippen molar-refractivity contribution in [3.8, 4) is 5.75 Å². The summed E-state index contributed by atoms with van der Waals surface area (Å²) in [6.45, 7) is 6.04. The van der Waals surface area contributed by atoms with Crippen molar-refractivity contribution in [2.75, 3.05) is 37.0 Å². The lowest BCUT2D eigenvalue weighted by Crippen LogP contribution is -2.25. The highest BCUT2D eigenvalue weighted by Gasteiger charge is 2.22. The summed E-state index contributed by atoms with van der Waals surface area (Å²) >= 11 is 0. The smallest absolute Gasteiger partial charge is 0.227 e. The number of aromatic nitrogens is 3. The average Bonchev–Trinajstić information content (AvgIpc) is 3.04. The average molecular weight is 343 g/mol. The Labute approximate surface area is 148 Å². The Bertz CT molecular complexity index is 752. The lowest BCUT2D eigenvalue weighted by molar-refractivity contribution is 0.198. The van der Waals surface area contributed by atoms with Crippen molar-refractivity contribution in [3.05, 3.63) is 35.3 Å². The normalized spacial score (nSPS) is 17.0. The van der Waals surface area contributed by atoms with Crippen LogP contribution in [-0.4, -0.2) is 53.4 Å². The van der Waals surface area contributed by atoms with Gasteiger partial charge < -0.3 is 19.6 Å². The topological polar surface area (TPSA) is 74.6 Å². The predicted molar refractivity (Wildman–Crippen MR) is 97.2 cm³/mol. The van der Waals surface area contributed by atoms with E-state index < -0.39 is 0 Å². The molecule has 25 heavy (non-hydrogen) atoms. The summed E-state index contributed by atoms with van der Waals surface area (Å²) in [6, 6.07) is 1.88. The van der Waals surface area contributed by atoms with Gasteiger partial charge in [0.15, 0.2) is 0 Å². The van der Waals surface area contributed by atoms with E-state index in [1.165, 1.54) is 0 Å². The number of anilines is 2. The first-order valence-electron chi connectivity index (χ1n) is 8.46. The van der Waals surface area contributed by atoms with Crippen molar-refractivity contribution >= 4 is 11.8 Å². The van der Waals surface area contributed by atoms with Crippen LogP contribution < -0.4 is 14.5 Å². The van der Waals surface area contributed by atoms with E-state index in [9.17, 15) is 5.11 Å². The second kappa shape index (κ2) is 7.23. The van der Waals surface area contributed by atoms with E-state index in [2.05, 4.69) is 19.9 Å². The summed E-state index contributed by atoms with van der Waals surface area (Å²) in [5, 5.41) is 9.72. The molecule has 1 atom stereocenters. The second-order valence-corrected chi connectivity index (χ2v) is 6.51. The van der Waals surface area contributed by atoms with Gasteiger partial charge in [0.1, 0.15) is 11.6 Å². The maximum atomic E-state index is 9.72. The molecule has 1 aliphatic rings. The molecule has 1 fully saturated rings. The number of rotatable bonds is 5. The van der Waals surface area contributed by atoms with Crippen molar-refractivity contribution in [3.63, 3.8) is 0 Å². The molecule has 1 N–H and O–H groups in total. The zero-order valence-corrected chi connectivity index (χ0v) is 15.2. The first-order chi connectivity index (χ1) is 12.0. The molecule has 3 heterocycles. The minimum atomic E-state index is -0.275. The summed E-state index contributed by atoms with van der Waals surface area (Å²) < 4.78 is 5.48. The van der Waals surface area contributed by atoms with E-state index in [4.69, 9.17) is 4.74 Å². The van der Waals surface area contributed by atoms with E-state index >= 15 is 0 Å². The van der Waals surface area contributed by atoms with Crippen molar-refractivity contribution in [1.82, 2.24) is 15.0 Å². The van der Waals surface area contributed by atoms with Crippen LogP contribution in [0.25, 0.3) is 0 Å². The molecule has 0 saturated carbocycles. The van der Waals surface area contributed by atoms with E-state index in [1.807, 2.05) is 38.1 Å². The van der Waals surface area contributed by atoms with E-state index in [-0.39, 0.29) is 6.10 Å². The molecule has 7 heteroatoms. The standard InChI is InChI=1S/C18H25N5O2/c1-12-9-20-15(13(2)17(12)25-4)11-22(3)18-19-7-5-16(21-18)23-8-6-14(24)10-23/h5,7,9,14,24H,6,8,10-11H2,1-4H3. The Morgan fingerprint density at radius 3 is 2.84 bits per heavy atom. The van der Waals surface area contributed by atoms with E-state index in [1.54, 1.807) is 13.3 Å². The van der Waals surface area contributed by atoms with Gasteiger partial charge in [-0.15, -0.1) is 0 Å². The minimum Gasteiger partial charge on any atom is -0.496 e. The molecule has 0 bridgehead atoms. The first-order valence-corrected chi connectivity index (χ1v) is 8.46. The number of methoxy groups -OCH3 is 1. The molecule has 1 saturated heterocycles. The number of aliphatic hydroxyl groups excluding tert-OH is 1. The fraction of sp³-hybridized carbons (Fsp3) is 0.500. The van der Waals surface area contributed by atoms with Crippen LogP contribution in [0.5, 0.6) is 5.75 Å². The number of hydrogen-bond acceptors (Lipinski definition) is 7. The highest BCUT2D eigenvalue weighted by atomic mass is 16.5. The molecule has 1 aliphatic heterocycles. The summed E-state index contributed by atoms with van der Waals surface area (Å²) in [7, 11) is 3.63. The molecular formula is C18H25N5O2. The highest BCUT2D eigenvalue weighted by molar-refractivity contribution is 5.46. The third-order valence-corrected chi connectivity index (χ3v) is 4.59. The molecule has 0 spiro atoms. The number of β-amino-alcohol motifs (C(OH)–C–C–N with tert-alkyl or cyclic N) is 1. The van der Waals surface area contributed by atoms with Gasteiger partial charge in [0.05, 0.1) is 25.5 Å². The summed E-state index contributed by atoms with van der Waals surface area (Å²) in [4.78, 5) is 17.6.